The molecule has 0 rings (SSSR count). The van der Waals surface area contributed by atoms with Gasteiger partial charge in [0.1, 0.15) is 0 Å². The predicted octanol–water partition coefficient (Wildman–Crippen LogP) is 1.80. The van der Waals surface area contributed by atoms with Gasteiger partial charge < -0.3 is 9.46 Å². The average molecular weight is 276 g/mol. The monoisotopic (exact) mass is 276 g/mol. The van der Waals surface area contributed by atoms with Crippen LogP contribution in [0.5, 0.6) is 0 Å². The first-order valence-corrected chi connectivity index (χ1v) is 6.06. The van der Waals surface area contributed by atoms with Crippen molar-refractivity contribution in [3.05, 3.63) is 4.72 Å². The quantitative estimate of drug-likeness (QED) is 0.717. The van der Waals surface area contributed by atoms with Crippen LogP contribution in [-0.2, 0) is 19.6 Å². The maximum absolute atomic E-state index is 12.1. The molecule has 0 bridgehead atoms. The highest BCUT2D eigenvalue weighted by molar-refractivity contribution is 7.94. The molecule has 0 aliphatic heterocycles. The number of carbonyl (C=O) groups excluding carboxylic acids is 1. The normalized spacial score (nSPS) is 14.8. The molecule has 17 heavy (non-hydrogen) atoms. The summed E-state index contributed by atoms with van der Waals surface area (Å²) in [6.45, 7) is 3.23. The van der Waals surface area contributed by atoms with Crippen molar-refractivity contribution in [3.8, 4) is 0 Å². The number of methoxy groups -OCH3 is 1. The van der Waals surface area contributed by atoms with Crippen molar-refractivity contribution < 1.29 is 31.1 Å². The molecule has 5 nitrogen and oxygen atoms in total. The van der Waals surface area contributed by atoms with Crippen molar-refractivity contribution >= 4 is 16.0 Å². The van der Waals surface area contributed by atoms with E-state index in [-0.39, 0.29) is 12.3 Å². The molecule has 0 radical (unpaired) electrons. The Hall–Kier alpha value is -0.830. The summed E-state index contributed by atoms with van der Waals surface area (Å²) in [4.78, 5) is 11.1. The molecule has 0 aliphatic rings. The summed E-state index contributed by atoms with van der Waals surface area (Å²) in [7, 11) is -4.72. The van der Waals surface area contributed by atoms with E-state index in [1.165, 1.54) is 0 Å². The highest BCUT2D eigenvalue weighted by Gasteiger charge is 2.40. The van der Waals surface area contributed by atoms with E-state index in [4.69, 9.17) is 0 Å². The smallest absolute Gasteiger partial charge is 0.480 e. The van der Waals surface area contributed by atoms with E-state index in [1.807, 2.05) is 0 Å². The third-order valence-corrected chi connectivity index (χ3v) is 2.84. The van der Waals surface area contributed by atoms with Crippen molar-refractivity contribution in [2.24, 2.45) is 5.92 Å². The predicted molar refractivity (Wildman–Crippen MR) is 53.6 cm³/mol. The molecule has 0 heterocycles. The number of carbonyl (C=O) groups is 1. The fourth-order valence-electron chi connectivity index (χ4n) is 0.992. The van der Waals surface area contributed by atoms with E-state index >= 15 is 0 Å². The van der Waals surface area contributed by atoms with Crippen LogP contribution in [0.1, 0.15) is 20.3 Å². The van der Waals surface area contributed by atoms with Crippen LogP contribution < -0.4 is 0 Å². The second-order valence-electron chi connectivity index (χ2n) is 3.69. The van der Waals surface area contributed by atoms with E-state index < -0.39 is 27.5 Å². The zero-order chi connectivity index (χ0) is 13.9. The molecule has 0 aromatic rings. The van der Waals surface area contributed by atoms with Gasteiger partial charge >= 0.3 is 5.51 Å². The summed E-state index contributed by atoms with van der Waals surface area (Å²) in [5, 5.41) is 0. The van der Waals surface area contributed by atoms with Crippen LogP contribution in [0, 0.1) is 5.92 Å². The van der Waals surface area contributed by atoms with Crippen molar-refractivity contribution in [3.63, 3.8) is 0 Å². The first-order chi connectivity index (χ1) is 7.51. The summed E-state index contributed by atoms with van der Waals surface area (Å²) >= 11 is 0. The lowest BCUT2D eigenvalue weighted by molar-refractivity contribution is -0.141. The first kappa shape index (κ1) is 16.2. The second-order valence-corrected chi connectivity index (χ2v) is 5.32. The molecule has 9 heteroatoms. The molecule has 0 fully saturated rings. The van der Waals surface area contributed by atoms with Gasteiger partial charge in [-0.2, -0.15) is 13.2 Å². The fraction of sp³-hybridized carbons (Fsp3) is 0.875. The van der Waals surface area contributed by atoms with Crippen LogP contribution in [0.3, 0.4) is 0 Å². The van der Waals surface area contributed by atoms with Gasteiger partial charge in [0.2, 0.25) is 0 Å². The number of rotatable bonds is 5. The lowest BCUT2D eigenvalue weighted by atomic mass is 10.1. The van der Waals surface area contributed by atoms with Gasteiger partial charge in [0.25, 0.3) is 5.97 Å². The van der Waals surface area contributed by atoms with E-state index in [2.05, 4.69) is 9.46 Å². The Kier molecular flexibility index (Phi) is 5.40. The molecule has 102 valence electrons. The molecular weight excluding hydrogens is 263 g/mol. The highest BCUT2D eigenvalue weighted by atomic mass is 32.2. The Labute approximate surface area is 97.4 Å². The summed E-state index contributed by atoms with van der Waals surface area (Å²) < 4.78 is 64.5. The Balaban J connectivity index is 4.94. The van der Waals surface area contributed by atoms with Crippen molar-refractivity contribution in [2.75, 3.05) is 7.11 Å². The molecule has 0 saturated carbocycles. The zero-order valence-electron chi connectivity index (χ0n) is 9.48. The Morgan fingerprint density at radius 1 is 1.35 bits per heavy atom. The number of hydrogen-bond acceptors (Lipinski definition) is 4. The van der Waals surface area contributed by atoms with Crippen LogP contribution >= 0.6 is 0 Å². The molecule has 0 amide bonds. The summed E-state index contributed by atoms with van der Waals surface area (Å²) in [5.41, 5.74) is -5.50. The van der Waals surface area contributed by atoms with Gasteiger partial charge in [-0.25, -0.2) is 8.42 Å². The van der Waals surface area contributed by atoms with E-state index in [1.54, 1.807) is 13.8 Å². The molecule has 0 saturated heterocycles. The molecule has 0 N–H and O–H groups in total. The topological polar surface area (TPSA) is 74.5 Å². The number of ether oxygens (including phenoxy) is 1. The van der Waals surface area contributed by atoms with Gasteiger partial charge in [0, 0.05) is 0 Å². The molecule has 0 aromatic carbocycles. The van der Waals surface area contributed by atoms with Crippen LogP contribution in [0.2, 0.25) is 0 Å². The minimum Gasteiger partial charge on any atom is -0.529 e. The second kappa shape index (κ2) is 5.67. The molecule has 0 aromatic heterocycles. The minimum absolute atomic E-state index is 0.137. The third kappa shape index (κ3) is 4.90. The van der Waals surface area contributed by atoms with Crippen LogP contribution in [0.4, 0.5) is 13.2 Å². The number of alkyl halides is 3. The minimum atomic E-state index is -5.67. The van der Waals surface area contributed by atoms with Gasteiger partial charge in [-0.15, -0.1) is 0 Å². The first-order valence-electron chi connectivity index (χ1n) is 4.62. The SMILES string of the molecule is COC(=O)[C@H](CC(C)C)[N-]S(=O)(=O)C(F)(F)F. The number of hydrogen-bond donors (Lipinski definition) is 0. The fourth-order valence-corrected chi connectivity index (χ4v) is 1.62. The number of sulfonamides is 1. The highest BCUT2D eigenvalue weighted by Crippen LogP contribution is 2.31. The van der Waals surface area contributed by atoms with Gasteiger partial charge in [-0.1, -0.05) is 20.3 Å². The number of esters is 1. The average Bonchev–Trinajstić information content (AvgIpc) is 2.12. The standard InChI is InChI=1S/C8H13F3NO4S/c1-5(2)4-6(7(13)16-3)12-17(14,15)8(9,10)11/h5-6H,4H2,1-3H3/q-1/t6-/m0/s1. The number of nitrogens with zero attached hydrogens (tertiary/aromatic N) is 1. The van der Waals surface area contributed by atoms with Gasteiger partial charge in [-0.3, -0.25) is 4.79 Å². The van der Waals surface area contributed by atoms with Crippen LogP contribution in [0.15, 0.2) is 0 Å². The van der Waals surface area contributed by atoms with Gasteiger partial charge in [0.05, 0.1) is 7.11 Å². The molecule has 0 spiro atoms. The van der Waals surface area contributed by atoms with Crippen molar-refractivity contribution in [1.29, 1.82) is 0 Å². The zero-order valence-corrected chi connectivity index (χ0v) is 10.3. The molecule has 0 unspecified atom stereocenters. The molecule has 0 aliphatic carbocycles. The lowest BCUT2D eigenvalue weighted by Gasteiger charge is -2.30. The maximum Gasteiger partial charge on any atom is 0.480 e. The largest absolute Gasteiger partial charge is 0.529 e. The van der Waals surface area contributed by atoms with Gasteiger partial charge in [0.15, 0.2) is 10.0 Å². The van der Waals surface area contributed by atoms with Crippen molar-refractivity contribution in [1.82, 2.24) is 0 Å². The van der Waals surface area contributed by atoms with Crippen LogP contribution in [-0.4, -0.2) is 33.0 Å². The molecular formula is C8H13F3NO4S-. The molecule has 1 atom stereocenters. The maximum atomic E-state index is 12.1. The summed E-state index contributed by atoms with van der Waals surface area (Å²) in [6, 6.07) is -1.66. The number of halogens is 3. The summed E-state index contributed by atoms with van der Waals surface area (Å²) in [5.74, 6) is -1.31. The lowest BCUT2D eigenvalue weighted by Crippen LogP contribution is -2.31. The Bertz CT molecular complexity index is 363. The Morgan fingerprint density at radius 2 is 1.82 bits per heavy atom. The van der Waals surface area contributed by atoms with E-state index in [9.17, 15) is 26.4 Å². The van der Waals surface area contributed by atoms with Crippen molar-refractivity contribution in [2.45, 2.75) is 31.8 Å². The summed E-state index contributed by atoms with van der Waals surface area (Å²) in [6.07, 6.45) is -0.137. The van der Waals surface area contributed by atoms with Gasteiger partial charge in [-0.05, 0) is 12.0 Å². The van der Waals surface area contributed by atoms with Crippen LogP contribution in [0.25, 0.3) is 4.72 Å². The Morgan fingerprint density at radius 3 is 2.12 bits per heavy atom. The van der Waals surface area contributed by atoms with E-state index in [0.717, 1.165) is 7.11 Å². The van der Waals surface area contributed by atoms with E-state index in [0.29, 0.717) is 0 Å². The third-order valence-electron chi connectivity index (χ3n) is 1.73.